The number of carbonyl (C=O) groups is 1. The lowest BCUT2D eigenvalue weighted by molar-refractivity contribution is -0.117. The summed E-state index contributed by atoms with van der Waals surface area (Å²) in [5.41, 5.74) is 2.48. The van der Waals surface area contributed by atoms with Gasteiger partial charge in [0.25, 0.3) is 0 Å². The van der Waals surface area contributed by atoms with Gasteiger partial charge in [-0.25, -0.2) is 4.39 Å². The molecule has 1 N–H and O–H groups in total. The van der Waals surface area contributed by atoms with Gasteiger partial charge in [-0.2, -0.15) is 0 Å². The molecule has 2 aromatic rings. The third-order valence-corrected chi connectivity index (χ3v) is 4.62. The summed E-state index contributed by atoms with van der Waals surface area (Å²) in [6.45, 7) is 5.42. The highest BCUT2D eigenvalue weighted by Gasteiger charge is 2.19. The Morgan fingerprint density at radius 3 is 2.64 bits per heavy atom. The molecule has 1 heterocycles. The lowest BCUT2D eigenvalue weighted by Crippen LogP contribution is -2.48. The molecule has 4 nitrogen and oxygen atoms in total. The summed E-state index contributed by atoms with van der Waals surface area (Å²) in [5, 5.41) is 3.52. The molecular weight excluding hydrogens is 341 g/mol. The van der Waals surface area contributed by atoms with Crippen LogP contribution in [0.15, 0.2) is 42.5 Å². The molecule has 132 valence electrons. The largest absolute Gasteiger partial charge is 0.369 e. The van der Waals surface area contributed by atoms with E-state index >= 15 is 0 Å². The number of hydrogen-bond donors (Lipinski definition) is 1. The minimum Gasteiger partial charge on any atom is -0.369 e. The Morgan fingerprint density at radius 2 is 1.92 bits per heavy atom. The summed E-state index contributed by atoms with van der Waals surface area (Å²) in [4.78, 5) is 16.6. The van der Waals surface area contributed by atoms with Crippen molar-refractivity contribution in [1.82, 2.24) is 4.90 Å². The van der Waals surface area contributed by atoms with Gasteiger partial charge >= 0.3 is 0 Å². The second-order valence-corrected chi connectivity index (χ2v) is 6.69. The predicted octanol–water partition coefficient (Wildman–Crippen LogP) is 3.55. The van der Waals surface area contributed by atoms with Crippen LogP contribution in [0.1, 0.15) is 5.56 Å². The van der Waals surface area contributed by atoms with E-state index in [-0.39, 0.29) is 11.7 Å². The van der Waals surface area contributed by atoms with Crippen molar-refractivity contribution < 1.29 is 9.18 Å². The van der Waals surface area contributed by atoms with E-state index in [2.05, 4.69) is 15.1 Å². The lowest BCUT2D eigenvalue weighted by atomic mass is 10.2. The van der Waals surface area contributed by atoms with E-state index in [1.807, 2.05) is 31.2 Å². The quantitative estimate of drug-likeness (QED) is 0.904. The lowest BCUT2D eigenvalue weighted by Gasteiger charge is -2.35. The van der Waals surface area contributed by atoms with Crippen molar-refractivity contribution >= 4 is 28.9 Å². The molecule has 0 saturated carbocycles. The third kappa shape index (κ3) is 4.71. The minimum atomic E-state index is -0.351. The van der Waals surface area contributed by atoms with Crippen LogP contribution in [0.25, 0.3) is 0 Å². The number of halogens is 2. The topological polar surface area (TPSA) is 35.6 Å². The second kappa shape index (κ2) is 7.85. The highest BCUT2D eigenvalue weighted by Crippen LogP contribution is 2.21. The average molecular weight is 362 g/mol. The molecular formula is C19H21ClFN3O. The molecule has 0 aliphatic carbocycles. The van der Waals surface area contributed by atoms with E-state index in [1.54, 1.807) is 6.07 Å². The minimum absolute atomic E-state index is 0.120. The fraction of sp³-hybridized carbons (Fsp3) is 0.316. The zero-order valence-corrected chi connectivity index (χ0v) is 14.9. The molecule has 0 spiro atoms. The fourth-order valence-corrected chi connectivity index (χ4v) is 3.14. The molecule has 0 bridgehead atoms. The van der Waals surface area contributed by atoms with Gasteiger partial charge in [0.1, 0.15) is 5.82 Å². The number of aryl methyl sites for hydroxylation is 1. The Morgan fingerprint density at radius 1 is 1.16 bits per heavy atom. The SMILES string of the molecule is Cc1ccc(F)cc1NC(=O)CN1CCN(c2cccc(Cl)c2)CC1. The molecule has 6 heteroatoms. The van der Waals surface area contributed by atoms with Crippen molar-refractivity contribution in [3.8, 4) is 0 Å². The molecule has 1 amide bonds. The number of nitrogens with zero attached hydrogens (tertiary/aromatic N) is 2. The maximum absolute atomic E-state index is 13.3. The van der Waals surface area contributed by atoms with Gasteiger partial charge < -0.3 is 10.2 Å². The first-order valence-corrected chi connectivity index (χ1v) is 8.68. The summed E-state index contributed by atoms with van der Waals surface area (Å²) in [7, 11) is 0. The number of hydrogen-bond acceptors (Lipinski definition) is 3. The highest BCUT2D eigenvalue weighted by molar-refractivity contribution is 6.30. The Balaban J connectivity index is 1.52. The fourth-order valence-electron chi connectivity index (χ4n) is 2.96. The van der Waals surface area contributed by atoms with Crippen LogP contribution in [0.5, 0.6) is 0 Å². The first-order valence-electron chi connectivity index (χ1n) is 8.30. The number of rotatable bonds is 4. The van der Waals surface area contributed by atoms with Gasteiger partial charge in [0, 0.05) is 42.6 Å². The Labute approximate surface area is 152 Å². The molecule has 3 rings (SSSR count). The van der Waals surface area contributed by atoms with E-state index in [9.17, 15) is 9.18 Å². The van der Waals surface area contributed by atoms with E-state index < -0.39 is 0 Å². The molecule has 0 radical (unpaired) electrons. The normalized spacial score (nSPS) is 15.2. The molecule has 1 fully saturated rings. The van der Waals surface area contributed by atoms with Crippen molar-refractivity contribution in [3.05, 3.63) is 58.9 Å². The molecule has 25 heavy (non-hydrogen) atoms. The summed E-state index contributed by atoms with van der Waals surface area (Å²) in [6.07, 6.45) is 0. The Kier molecular flexibility index (Phi) is 5.56. The van der Waals surface area contributed by atoms with Crippen molar-refractivity contribution in [3.63, 3.8) is 0 Å². The number of benzene rings is 2. The smallest absolute Gasteiger partial charge is 0.238 e. The third-order valence-electron chi connectivity index (χ3n) is 4.39. The first kappa shape index (κ1) is 17.7. The highest BCUT2D eigenvalue weighted by atomic mass is 35.5. The molecule has 0 atom stereocenters. The van der Waals surface area contributed by atoms with Crippen LogP contribution in [-0.4, -0.2) is 43.5 Å². The van der Waals surface area contributed by atoms with Crippen molar-refractivity contribution in [1.29, 1.82) is 0 Å². The van der Waals surface area contributed by atoms with Gasteiger partial charge in [0.05, 0.1) is 6.54 Å². The van der Waals surface area contributed by atoms with Crippen LogP contribution in [0.2, 0.25) is 5.02 Å². The molecule has 2 aromatic carbocycles. The Bertz CT molecular complexity index is 760. The maximum Gasteiger partial charge on any atom is 0.238 e. The van der Waals surface area contributed by atoms with Crippen LogP contribution in [-0.2, 0) is 4.79 Å². The van der Waals surface area contributed by atoms with Crippen LogP contribution in [0.4, 0.5) is 15.8 Å². The van der Waals surface area contributed by atoms with Crippen LogP contribution in [0, 0.1) is 12.7 Å². The summed E-state index contributed by atoms with van der Waals surface area (Å²) in [6, 6.07) is 12.2. The van der Waals surface area contributed by atoms with Crippen molar-refractivity contribution in [2.75, 3.05) is 42.9 Å². The maximum atomic E-state index is 13.3. The van der Waals surface area contributed by atoms with E-state index in [0.717, 1.165) is 42.5 Å². The zero-order valence-electron chi connectivity index (χ0n) is 14.1. The van der Waals surface area contributed by atoms with Gasteiger partial charge in [-0.05, 0) is 42.8 Å². The molecule has 1 aliphatic heterocycles. The average Bonchev–Trinajstić information content (AvgIpc) is 2.59. The Hall–Kier alpha value is -2.11. The van der Waals surface area contributed by atoms with Crippen LogP contribution < -0.4 is 10.2 Å². The second-order valence-electron chi connectivity index (χ2n) is 6.25. The van der Waals surface area contributed by atoms with E-state index in [4.69, 9.17) is 11.6 Å². The zero-order chi connectivity index (χ0) is 17.8. The van der Waals surface area contributed by atoms with E-state index in [0.29, 0.717) is 12.2 Å². The first-order chi connectivity index (χ1) is 12.0. The van der Waals surface area contributed by atoms with Crippen LogP contribution in [0.3, 0.4) is 0 Å². The summed E-state index contributed by atoms with van der Waals surface area (Å²) < 4.78 is 13.3. The number of carbonyl (C=O) groups excluding carboxylic acids is 1. The van der Waals surface area contributed by atoms with Crippen LogP contribution >= 0.6 is 11.6 Å². The number of nitrogens with one attached hydrogen (secondary N) is 1. The van der Waals surface area contributed by atoms with Crippen molar-refractivity contribution in [2.45, 2.75) is 6.92 Å². The van der Waals surface area contributed by atoms with Gasteiger partial charge in [-0.1, -0.05) is 23.7 Å². The van der Waals surface area contributed by atoms with E-state index in [1.165, 1.54) is 12.1 Å². The predicted molar refractivity (Wildman–Crippen MR) is 99.9 cm³/mol. The van der Waals surface area contributed by atoms with Gasteiger partial charge in [0.15, 0.2) is 0 Å². The molecule has 0 unspecified atom stereocenters. The number of piperazine rings is 1. The van der Waals surface area contributed by atoms with Crippen molar-refractivity contribution in [2.24, 2.45) is 0 Å². The molecule has 1 aliphatic rings. The molecule has 1 saturated heterocycles. The van der Waals surface area contributed by atoms with Gasteiger partial charge in [-0.3, -0.25) is 9.69 Å². The number of anilines is 2. The summed E-state index contributed by atoms with van der Waals surface area (Å²) in [5.74, 6) is -0.471. The summed E-state index contributed by atoms with van der Waals surface area (Å²) >= 11 is 6.05. The monoisotopic (exact) mass is 361 g/mol. The number of amides is 1. The standard InChI is InChI=1S/C19H21ClFN3O/c1-14-5-6-16(21)12-18(14)22-19(25)13-23-7-9-24(10-8-23)17-4-2-3-15(20)11-17/h2-6,11-12H,7-10,13H2,1H3,(H,22,25). The van der Waals surface area contributed by atoms with Gasteiger partial charge in [0.2, 0.25) is 5.91 Å². The van der Waals surface area contributed by atoms with Gasteiger partial charge in [-0.15, -0.1) is 0 Å². The molecule has 0 aromatic heterocycles.